The Labute approximate surface area is 130 Å². The molecule has 0 saturated carbocycles. The van der Waals surface area contributed by atoms with Crippen LogP contribution in [0.5, 0.6) is 0 Å². The second-order valence-corrected chi connectivity index (χ2v) is 5.58. The second-order valence-electron chi connectivity index (χ2n) is 4.35. The Morgan fingerprint density at radius 2 is 1.90 bits per heavy atom. The molecule has 2 aromatic rings. The number of benzene rings is 2. The fourth-order valence-electron chi connectivity index (χ4n) is 1.79. The summed E-state index contributed by atoms with van der Waals surface area (Å²) >= 11 is 8.90. The van der Waals surface area contributed by atoms with Crippen molar-refractivity contribution in [2.24, 2.45) is 0 Å². The summed E-state index contributed by atoms with van der Waals surface area (Å²) in [6.45, 7) is 1.86. The summed E-state index contributed by atoms with van der Waals surface area (Å²) in [4.78, 5) is 12.1. The van der Waals surface area contributed by atoms with Gasteiger partial charge in [0.1, 0.15) is 5.82 Å². The van der Waals surface area contributed by atoms with Crippen LogP contribution in [0.25, 0.3) is 0 Å². The van der Waals surface area contributed by atoms with Crippen molar-refractivity contribution in [3.63, 3.8) is 0 Å². The van der Waals surface area contributed by atoms with E-state index >= 15 is 0 Å². The van der Waals surface area contributed by atoms with Gasteiger partial charge in [0, 0.05) is 5.02 Å². The molecule has 0 bridgehead atoms. The topological polar surface area (TPSA) is 29.1 Å². The molecular weight excluding hydrogens is 345 g/mol. The summed E-state index contributed by atoms with van der Waals surface area (Å²) in [5.41, 5.74) is 1.20. The highest BCUT2D eigenvalue weighted by atomic mass is 79.9. The quantitative estimate of drug-likeness (QED) is 0.846. The number of hydrogen-bond donors (Lipinski definition) is 1. The number of nitrogens with one attached hydrogen (secondary N) is 1. The van der Waals surface area contributed by atoms with E-state index in [1.165, 1.54) is 12.1 Å². The molecule has 104 valence electrons. The minimum absolute atomic E-state index is 0.167. The standard InChI is InChI=1S/C15H12BrClFNO/c1-9(10-5-7-11(17)8-6-10)19-15(20)12-3-2-4-13(18)14(12)16/h2-9H,1H3,(H,19,20). The number of carbonyl (C=O) groups excluding carboxylic acids is 1. The molecular formula is C15H12BrClFNO. The zero-order valence-corrected chi connectivity index (χ0v) is 13.0. The van der Waals surface area contributed by atoms with E-state index in [0.717, 1.165) is 5.56 Å². The van der Waals surface area contributed by atoms with Crippen molar-refractivity contribution in [3.8, 4) is 0 Å². The van der Waals surface area contributed by atoms with Crippen LogP contribution in [-0.4, -0.2) is 5.91 Å². The van der Waals surface area contributed by atoms with Crippen molar-refractivity contribution in [1.82, 2.24) is 5.32 Å². The first-order chi connectivity index (χ1) is 9.49. The van der Waals surface area contributed by atoms with Crippen molar-refractivity contribution >= 4 is 33.4 Å². The van der Waals surface area contributed by atoms with E-state index < -0.39 is 5.82 Å². The lowest BCUT2D eigenvalue weighted by Gasteiger charge is -2.15. The van der Waals surface area contributed by atoms with Gasteiger partial charge in [0.2, 0.25) is 0 Å². The molecule has 0 aromatic heterocycles. The van der Waals surface area contributed by atoms with Crippen molar-refractivity contribution in [3.05, 3.63) is 68.9 Å². The van der Waals surface area contributed by atoms with Crippen LogP contribution in [0.15, 0.2) is 46.9 Å². The van der Waals surface area contributed by atoms with E-state index in [1.807, 2.05) is 19.1 Å². The lowest BCUT2D eigenvalue weighted by molar-refractivity contribution is 0.0938. The zero-order valence-electron chi connectivity index (χ0n) is 10.7. The molecule has 1 unspecified atom stereocenters. The molecule has 0 fully saturated rings. The Bertz CT molecular complexity index is 630. The van der Waals surface area contributed by atoms with Gasteiger partial charge >= 0.3 is 0 Å². The average Bonchev–Trinajstić information content (AvgIpc) is 2.42. The van der Waals surface area contributed by atoms with E-state index in [-0.39, 0.29) is 22.0 Å². The summed E-state index contributed by atoms with van der Waals surface area (Å²) in [5, 5.41) is 3.46. The summed E-state index contributed by atoms with van der Waals surface area (Å²) in [7, 11) is 0. The van der Waals surface area contributed by atoms with Gasteiger partial charge in [0.25, 0.3) is 5.91 Å². The molecule has 1 N–H and O–H groups in total. The fraction of sp³-hybridized carbons (Fsp3) is 0.133. The first kappa shape index (κ1) is 15.0. The van der Waals surface area contributed by atoms with E-state index in [4.69, 9.17) is 11.6 Å². The van der Waals surface area contributed by atoms with Crippen molar-refractivity contribution in [1.29, 1.82) is 0 Å². The first-order valence-electron chi connectivity index (χ1n) is 5.99. The molecule has 2 nitrogen and oxygen atoms in total. The summed E-state index contributed by atoms with van der Waals surface area (Å²) < 4.78 is 13.6. The Balaban J connectivity index is 2.15. The van der Waals surface area contributed by atoms with Gasteiger partial charge < -0.3 is 5.32 Å². The minimum atomic E-state index is -0.461. The normalized spacial score (nSPS) is 12.0. The molecule has 0 spiro atoms. The lowest BCUT2D eigenvalue weighted by Crippen LogP contribution is -2.27. The number of rotatable bonds is 3. The number of carbonyl (C=O) groups is 1. The molecule has 0 aliphatic carbocycles. The monoisotopic (exact) mass is 355 g/mol. The van der Waals surface area contributed by atoms with Crippen molar-refractivity contribution in [2.45, 2.75) is 13.0 Å². The maximum Gasteiger partial charge on any atom is 0.253 e. The molecule has 20 heavy (non-hydrogen) atoms. The van der Waals surface area contributed by atoms with Gasteiger partial charge in [-0.2, -0.15) is 0 Å². The van der Waals surface area contributed by atoms with E-state index in [0.29, 0.717) is 5.02 Å². The molecule has 1 amide bonds. The second kappa shape index (κ2) is 6.37. The maximum atomic E-state index is 13.4. The SMILES string of the molecule is CC(NC(=O)c1cccc(F)c1Br)c1ccc(Cl)cc1. The number of halogens is 3. The minimum Gasteiger partial charge on any atom is -0.345 e. The van der Waals surface area contributed by atoms with Gasteiger partial charge in [-0.3, -0.25) is 4.79 Å². The molecule has 1 atom stereocenters. The maximum absolute atomic E-state index is 13.4. The molecule has 2 aromatic carbocycles. The molecule has 5 heteroatoms. The Hall–Kier alpha value is -1.39. The number of hydrogen-bond acceptors (Lipinski definition) is 1. The van der Waals surface area contributed by atoms with Gasteiger partial charge in [-0.25, -0.2) is 4.39 Å². The van der Waals surface area contributed by atoms with E-state index in [2.05, 4.69) is 21.2 Å². The molecule has 0 aliphatic rings. The Morgan fingerprint density at radius 3 is 2.55 bits per heavy atom. The largest absolute Gasteiger partial charge is 0.345 e. The Morgan fingerprint density at radius 1 is 1.25 bits per heavy atom. The highest BCUT2D eigenvalue weighted by Gasteiger charge is 2.15. The molecule has 2 rings (SSSR count). The molecule has 0 aliphatic heterocycles. The van der Waals surface area contributed by atoms with Crippen molar-refractivity contribution < 1.29 is 9.18 Å². The van der Waals surface area contributed by atoms with Crippen LogP contribution in [0.3, 0.4) is 0 Å². The molecule has 0 heterocycles. The van der Waals surface area contributed by atoms with Crippen LogP contribution < -0.4 is 5.32 Å². The molecule has 0 radical (unpaired) electrons. The number of amides is 1. The van der Waals surface area contributed by atoms with Crippen LogP contribution in [0.4, 0.5) is 4.39 Å². The van der Waals surface area contributed by atoms with Gasteiger partial charge in [0.15, 0.2) is 0 Å². The lowest BCUT2D eigenvalue weighted by atomic mass is 10.1. The summed E-state index contributed by atoms with van der Waals surface area (Å²) in [5.74, 6) is -0.796. The first-order valence-corrected chi connectivity index (χ1v) is 7.16. The fourth-order valence-corrected chi connectivity index (χ4v) is 2.36. The van der Waals surface area contributed by atoms with Crippen LogP contribution in [-0.2, 0) is 0 Å². The Kier molecular flexibility index (Phi) is 4.78. The highest BCUT2D eigenvalue weighted by molar-refractivity contribution is 9.10. The van der Waals surface area contributed by atoms with Crippen LogP contribution in [0.1, 0.15) is 28.9 Å². The summed E-state index contributed by atoms with van der Waals surface area (Å²) in [6, 6.07) is 11.4. The third kappa shape index (κ3) is 3.38. The van der Waals surface area contributed by atoms with Crippen LogP contribution >= 0.6 is 27.5 Å². The van der Waals surface area contributed by atoms with Gasteiger partial charge in [-0.1, -0.05) is 29.8 Å². The smallest absolute Gasteiger partial charge is 0.253 e. The van der Waals surface area contributed by atoms with Gasteiger partial charge in [0.05, 0.1) is 16.1 Å². The van der Waals surface area contributed by atoms with E-state index in [9.17, 15) is 9.18 Å². The van der Waals surface area contributed by atoms with Gasteiger partial charge in [-0.15, -0.1) is 0 Å². The predicted octanol–water partition coefficient (Wildman–Crippen LogP) is 4.73. The van der Waals surface area contributed by atoms with Crippen molar-refractivity contribution in [2.75, 3.05) is 0 Å². The third-order valence-corrected chi connectivity index (χ3v) is 3.97. The van der Waals surface area contributed by atoms with Crippen LogP contribution in [0, 0.1) is 5.82 Å². The molecule has 0 saturated heterocycles. The third-order valence-electron chi connectivity index (χ3n) is 2.91. The zero-order chi connectivity index (χ0) is 14.7. The van der Waals surface area contributed by atoms with E-state index in [1.54, 1.807) is 18.2 Å². The predicted molar refractivity (Wildman–Crippen MR) is 81.4 cm³/mol. The highest BCUT2D eigenvalue weighted by Crippen LogP contribution is 2.22. The average molecular weight is 357 g/mol. The summed E-state index contributed by atoms with van der Waals surface area (Å²) in [6.07, 6.45) is 0. The van der Waals surface area contributed by atoms with Crippen LogP contribution in [0.2, 0.25) is 5.02 Å². The van der Waals surface area contributed by atoms with Gasteiger partial charge in [-0.05, 0) is 52.7 Å².